The number of rotatable bonds is 4. The summed E-state index contributed by atoms with van der Waals surface area (Å²) in [4.78, 5) is 0. The van der Waals surface area contributed by atoms with Crippen molar-refractivity contribution in [3.8, 4) is 0 Å². The zero-order valence-corrected chi connectivity index (χ0v) is 13.6. The molecular weight excluding hydrogens is 305 g/mol. The molecule has 0 bridgehead atoms. The molecule has 0 aliphatic rings. The quantitative estimate of drug-likeness (QED) is 0.678. The maximum Gasteiger partial charge on any atom is 0.0868 e. The van der Waals surface area contributed by atoms with Crippen LogP contribution >= 0.6 is 23.2 Å². The maximum atomic E-state index is 6.49. The molecule has 0 amide bonds. The molecule has 0 radical (unpaired) electrons. The zero-order chi connectivity index (χ0) is 15.0. The zero-order valence-electron chi connectivity index (χ0n) is 12.1. The summed E-state index contributed by atoms with van der Waals surface area (Å²) in [6, 6.07) is 8.02. The average Bonchev–Trinajstić information content (AvgIpc) is 3.01. The van der Waals surface area contributed by atoms with Crippen molar-refractivity contribution in [2.24, 2.45) is 0 Å². The highest BCUT2D eigenvalue weighted by Crippen LogP contribution is 2.26. The van der Waals surface area contributed by atoms with Crippen LogP contribution in [0.5, 0.6) is 0 Å². The van der Waals surface area contributed by atoms with Crippen LogP contribution in [0.25, 0.3) is 10.9 Å². The van der Waals surface area contributed by atoms with Gasteiger partial charge < -0.3 is 4.57 Å². The predicted molar refractivity (Wildman–Crippen MR) is 88.3 cm³/mol. The molecule has 0 saturated heterocycles. The Labute approximate surface area is 134 Å². The summed E-state index contributed by atoms with van der Waals surface area (Å²) in [5.74, 6) is 0. The predicted octanol–water partition coefficient (Wildman–Crippen LogP) is 4.78. The first-order valence-corrected chi connectivity index (χ1v) is 7.88. The molecule has 0 spiro atoms. The lowest BCUT2D eigenvalue weighted by atomic mass is 10.2. The fourth-order valence-corrected chi connectivity index (χ4v) is 3.12. The molecule has 3 rings (SSSR count). The van der Waals surface area contributed by atoms with E-state index in [1.807, 2.05) is 22.9 Å². The highest BCUT2D eigenvalue weighted by molar-refractivity contribution is 6.32. The minimum Gasteiger partial charge on any atom is -0.341 e. The molecule has 0 unspecified atom stereocenters. The monoisotopic (exact) mass is 321 g/mol. The van der Waals surface area contributed by atoms with E-state index < -0.39 is 0 Å². The molecule has 0 saturated carbocycles. The first-order chi connectivity index (χ1) is 10.1. The van der Waals surface area contributed by atoms with Gasteiger partial charge in [0.15, 0.2) is 0 Å². The number of fused-ring (bicyclic) bond motifs is 1. The van der Waals surface area contributed by atoms with Gasteiger partial charge in [-0.2, -0.15) is 5.10 Å². The maximum absolute atomic E-state index is 6.49. The molecule has 0 N–H and O–H groups in total. The van der Waals surface area contributed by atoms with Crippen molar-refractivity contribution < 1.29 is 0 Å². The Morgan fingerprint density at radius 1 is 1.14 bits per heavy atom. The Bertz CT molecular complexity index is 786. The van der Waals surface area contributed by atoms with Crippen molar-refractivity contribution in [3.05, 3.63) is 51.9 Å². The Hall–Kier alpha value is -1.45. The Morgan fingerprint density at radius 3 is 2.67 bits per heavy atom. The van der Waals surface area contributed by atoms with Crippen LogP contribution in [-0.4, -0.2) is 14.3 Å². The van der Waals surface area contributed by atoms with Gasteiger partial charge in [0.1, 0.15) is 0 Å². The van der Waals surface area contributed by atoms with Crippen molar-refractivity contribution in [1.29, 1.82) is 0 Å². The summed E-state index contributed by atoms with van der Waals surface area (Å²) in [5.41, 5.74) is 3.12. The van der Waals surface area contributed by atoms with E-state index in [4.69, 9.17) is 23.2 Å². The molecule has 21 heavy (non-hydrogen) atoms. The Morgan fingerprint density at radius 2 is 1.95 bits per heavy atom. The van der Waals surface area contributed by atoms with Gasteiger partial charge in [0.2, 0.25) is 0 Å². The normalized spacial score (nSPS) is 11.4. The van der Waals surface area contributed by atoms with Crippen LogP contribution in [0.3, 0.4) is 0 Å². The van der Waals surface area contributed by atoms with Gasteiger partial charge in [-0.1, -0.05) is 36.2 Å². The van der Waals surface area contributed by atoms with Gasteiger partial charge in [-0.3, -0.25) is 4.68 Å². The van der Waals surface area contributed by atoms with Crippen LogP contribution in [0, 0.1) is 0 Å². The van der Waals surface area contributed by atoms with Gasteiger partial charge in [0.05, 0.1) is 23.0 Å². The number of aryl methyl sites for hydroxylation is 2. The lowest BCUT2D eigenvalue weighted by molar-refractivity contribution is 0.599. The van der Waals surface area contributed by atoms with E-state index in [0.29, 0.717) is 6.54 Å². The second-order valence-corrected chi connectivity index (χ2v) is 5.84. The molecular formula is C16H17Cl2N3. The Balaban J connectivity index is 2.06. The molecule has 5 heteroatoms. The van der Waals surface area contributed by atoms with Crippen LogP contribution in [0.15, 0.2) is 30.5 Å². The molecule has 2 heterocycles. The van der Waals surface area contributed by atoms with E-state index in [9.17, 15) is 0 Å². The third kappa shape index (κ3) is 2.56. The van der Waals surface area contributed by atoms with Gasteiger partial charge in [0, 0.05) is 23.3 Å². The van der Waals surface area contributed by atoms with E-state index in [1.165, 1.54) is 5.39 Å². The lowest BCUT2D eigenvalue weighted by Gasteiger charge is -2.08. The lowest BCUT2D eigenvalue weighted by Crippen LogP contribution is -2.07. The van der Waals surface area contributed by atoms with Gasteiger partial charge in [-0.15, -0.1) is 0 Å². The van der Waals surface area contributed by atoms with Gasteiger partial charge in [-0.25, -0.2) is 0 Å². The van der Waals surface area contributed by atoms with Crippen LogP contribution in [0.1, 0.15) is 25.2 Å². The number of benzene rings is 1. The molecule has 2 aromatic heterocycles. The van der Waals surface area contributed by atoms with Crippen molar-refractivity contribution in [2.75, 3.05) is 0 Å². The third-order valence-electron chi connectivity index (χ3n) is 3.75. The van der Waals surface area contributed by atoms with Gasteiger partial charge in [-0.05, 0) is 36.9 Å². The van der Waals surface area contributed by atoms with Crippen molar-refractivity contribution in [3.63, 3.8) is 0 Å². The summed E-state index contributed by atoms with van der Waals surface area (Å²) in [5, 5.41) is 7.27. The number of halogens is 2. The standard InChI is InChI=1S/C16H17Cl2N3/c1-3-13-16(18)15(21(4-2)19-13)10-20-8-7-11-5-6-12(17)9-14(11)20/h5-9H,3-4,10H2,1-2H3. The Kier molecular flexibility index (Phi) is 3.96. The molecule has 0 aliphatic carbocycles. The smallest absolute Gasteiger partial charge is 0.0868 e. The van der Waals surface area contributed by atoms with Crippen molar-refractivity contribution >= 4 is 34.1 Å². The minimum atomic E-state index is 0.698. The highest BCUT2D eigenvalue weighted by atomic mass is 35.5. The number of hydrogen-bond acceptors (Lipinski definition) is 1. The van der Waals surface area contributed by atoms with E-state index in [0.717, 1.165) is 39.9 Å². The second kappa shape index (κ2) is 5.74. The number of aromatic nitrogens is 3. The first-order valence-electron chi connectivity index (χ1n) is 7.12. The van der Waals surface area contributed by atoms with E-state index in [1.54, 1.807) is 0 Å². The van der Waals surface area contributed by atoms with Crippen LogP contribution in [-0.2, 0) is 19.5 Å². The molecule has 110 valence electrons. The molecule has 3 aromatic rings. The summed E-state index contributed by atoms with van der Waals surface area (Å²) in [6.45, 7) is 5.66. The highest BCUT2D eigenvalue weighted by Gasteiger charge is 2.15. The molecule has 3 nitrogen and oxygen atoms in total. The summed E-state index contributed by atoms with van der Waals surface area (Å²) < 4.78 is 4.15. The summed E-state index contributed by atoms with van der Waals surface area (Å²) >= 11 is 12.6. The fraction of sp³-hybridized carbons (Fsp3) is 0.312. The number of nitrogens with zero attached hydrogens (tertiary/aromatic N) is 3. The van der Waals surface area contributed by atoms with Crippen LogP contribution < -0.4 is 0 Å². The summed E-state index contributed by atoms with van der Waals surface area (Å²) in [7, 11) is 0. The molecule has 0 fully saturated rings. The summed E-state index contributed by atoms with van der Waals surface area (Å²) in [6.07, 6.45) is 2.91. The molecule has 1 aromatic carbocycles. The fourth-order valence-electron chi connectivity index (χ4n) is 2.62. The topological polar surface area (TPSA) is 22.8 Å². The first kappa shape index (κ1) is 14.5. The van der Waals surface area contributed by atoms with Crippen molar-refractivity contribution in [1.82, 2.24) is 14.3 Å². The van der Waals surface area contributed by atoms with E-state index in [2.05, 4.69) is 35.8 Å². The number of hydrogen-bond donors (Lipinski definition) is 0. The van der Waals surface area contributed by atoms with Crippen LogP contribution in [0.4, 0.5) is 0 Å². The minimum absolute atomic E-state index is 0.698. The molecule has 0 aliphatic heterocycles. The average molecular weight is 322 g/mol. The van der Waals surface area contributed by atoms with Crippen molar-refractivity contribution in [2.45, 2.75) is 33.4 Å². The third-order valence-corrected chi connectivity index (χ3v) is 4.42. The molecule has 0 atom stereocenters. The van der Waals surface area contributed by atoms with E-state index >= 15 is 0 Å². The van der Waals surface area contributed by atoms with E-state index in [-0.39, 0.29) is 0 Å². The van der Waals surface area contributed by atoms with Crippen LogP contribution in [0.2, 0.25) is 10.0 Å². The van der Waals surface area contributed by atoms with Gasteiger partial charge >= 0.3 is 0 Å². The van der Waals surface area contributed by atoms with Gasteiger partial charge in [0.25, 0.3) is 0 Å². The second-order valence-electron chi connectivity index (χ2n) is 5.02. The SMILES string of the molecule is CCc1nn(CC)c(Cn2ccc3ccc(Cl)cc32)c1Cl. The largest absolute Gasteiger partial charge is 0.341 e.